The van der Waals surface area contributed by atoms with Crippen molar-refractivity contribution in [1.29, 1.82) is 0 Å². The van der Waals surface area contributed by atoms with Gasteiger partial charge in [-0.2, -0.15) is 11.1 Å². The third-order valence-electron chi connectivity index (χ3n) is 1.57. The van der Waals surface area contributed by atoms with Crippen molar-refractivity contribution in [3.8, 4) is 0 Å². The van der Waals surface area contributed by atoms with Crippen LogP contribution < -0.4 is 24.8 Å². The zero-order valence-corrected chi connectivity index (χ0v) is 16.8. The molecule has 1 aliphatic carbocycles. The van der Waals surface area contributed by atoms with E-state index in [-0.39, 0.29) is 63.0 Å². The SMILES string of the molecule is CC(C)(C)[NH-].CCC1=C(C)C[C-]=C1.[Cl-].[Cl-].[SiH3].[Ti+4]. The van der Waals surface area contributed by atoms with E-state index in [1.165, 1.54) is 17.6 Å². The van der Waals surface area contributed by atoms with Crippen LogP contribution >= 0.6 is 0 Å². The first-order valence-corrected chi connectivity index (χ1v) is 4.85. The van der Waals surface area contributed by atoms with E-state index in [2.05, 4.69) is 26.0 Å². The minimum Gasteiger partial charge on any atom is -1.00 e. The van der Waals surface area contributed by atoms with E-state index in [1.54, 1.807) is 0 Å². The van der Waals surface area contributed by atoms with Crippen LogP contribution in [0.3, 0.4) is 0 Å². The van der Waals surface area contributed by atoms with Crippen molar-refractivity contribution in [3.05, 3.63) is 29.0 Å². The fourth-order valence-corrected chi connectivity index (χ4v) is 0.968. The molecule has 0 fully saturated rings. The van der Waals surface area contributed by atoms with E-state index < -0.39 is 0 Å². The number of nitrogens with one attached hydrogen (secondary N) is 1. The van der Waals surface area contributed by atoms with Crippen LogP contribution in [-0.2, 0) is 21.7 Å². The Morgan fingerprint density at radius 2 is 1.65 bits per heavy atom. The second-order valence-electron chi connectivity index (χ2n) is 4.43. The first-order valence-electron chi connectivity index (χ1n) is 4.85. The van der Waals surface area contributed by atoms with Gasteiger partial charge in [0.05, 0.1) is 0 Å². The average Bonchev–Trinajstić information content (AvgIpc) is 2.31. The van der Waals surface area contributed by atoms with Gasteiger partial charge in [-0.3, -0.25) is 6.08 Å². The monoisotopic (exact) mass is 328 g/mol. The molecule has 0 aromatic carbocycles. The van der Waals surface area contributed by atoms with Crippen LogP contribution in [0.5, 0.6) is 0 Å². The van der Waals surface area contributed by atoms with E-state index in [0.29, 0.717) is 0 Å². The van der Waals surface area contributed by atoms with Gasteiger partial charge in [-0.25, -0.2) is 6.08 Å². The maximum Gasteiger partial charge on any atom is 4.00 e. The van der Waals surface area contributed by atoms with Crippen LogP contribution in [0.15, 0.2) is 17.2 Å². The smallest absolute Gasteiger partial charge is 1.00 e. The molecule has 1 radical (unpaired) electrons. The van der Waals surface area contributed by atoms with E-state index in [9.17, 15) is 0 Å². The Kier molecular flexibility index (Phi) is 27.2. The topological polar surface area (TPSA) is 23.8 Å². The second-order valence-corrected chi connectivity index (χ2v) is 4.43. The number of hydrogen-bond acceptors (Lipinski definition) is 0. The fraction of sp³-hybridized carbons (Fsp3) is 0.667. The fourth-order valence-electron chi connectivity index (χ4n) is 0.968. The van der Waals surface area contributed by atoms with Crippen molar-refractivity contribution in [1.82, 2.24) is 0 Å². The zero-order chi connectivity index (χ0) is 10.5. The van der Waals surface area contributed by atoms with Crippen molar-refractivity contribution < 1.29 is 46.5 Å². The molecule has 17 heavy (non-hydrogen) atoms. The Labute approximate surface area is 139 Å². The van der Waals surface area contributed by atoms with Crippen LogP contribution in [0.4, 0.5) is 0 Å². The first kappa shape index (κ1) is 30.8. The molecule has 0 aromatic rings. The summed E-state index contributed by atoms with van der Waals surface area (Å²) in [5.41, 5.74) is 9.66. The van der Waals surface area contributed by atoms with Gasteiger partial charge in [0.1, 0.15) is 0 Å². The Morgan fingerprint density at radius 3 is 1.76 bits per heavy atom. The van der Waals surface area contributed by atoms with Gasteiger partial charge in [-0.1, -0.05) is 41.0 Å². The van der Waals surface area contributed by atoms with Crippen LogP contribution in [-0.4, -0.2) is 16.5 Å². The summed E-state index contributed by atoms with van der Waals surface area (Å²) in [7, 11) is 0. The van der Waals surface area contributed by atoms with Gasteiger partial charge in [-0.05, 0) is 11.0 Å². The maximum atomic E-state index is 6.94. The summed E-state index contributed by atoms with van der Waals surface area (Å²) >= 11 is 0. The molecule has 1 nitrogen and oxygen atoms in total. The molecule has 1 rings (SSSR count). The third-order valence-corrected chi connectivity index (χ3v) is 1.57. The van der Waals surface area contributed by atoms with Crippen molar-refractivity contribution in [3.63, 3.8) is 0 Å². The largest absolute Gasteiger partial charge is 4.00 e. The quantitative estimate of drug-likeness (QED) is 0.365. The van der Waals surface area contributed by atoms with E-state index >= 15 is 0 Å². The molecular formula is C12H24Cl2NSiTi. The minimum absolute atomic E-state index is 0. The second kappa shape index (κ2) is 15.0. The molecule has 1 N–H and O–H groups in total. The standard InChI is InChI=1S/C8H11.C4H10N.2ClH.H3Si.Ti/c1-3-8-6-4-5-7(8)2;1-4(2,3)5;;;;/h6H,3,5H2,1-2H3;5H,1-3H3;2*1H;1H3;/q2*-1;;;;+4/p-2. The molecule has 0 spiro atoms. The summed E-state index contributed by atoms with van der Waals surface area (Å²) in [6, 6.07) is 0. The van der Waals surface area contributed by atoms with Gasteiger partial charge >= 0.3 is 21.7 Å². The summed E-state index contributed by atoms with van der Waals surface area (Å²) < 4.78 is 0. The molecule has 0 bridgehead atoms. The predicted octanol–water partition coefficient (Wildman–Crippen LogP) is -2.87. The van der Waals surface area contributed by atoms with E-state index in [0.717, 1.165) is 6.42 Å². The van der Waals surface area contributed by atoms with Gasteiger partial charge in [0, 0.05) is 0 Å². The maximum absolute atomic E-state index is 6.94. The Bertz CT molecular complexity index is 217. The summed E-state index contributed by atoms with van der Waals surface area (Å²) in [4.78, 5) is 0. The van der Waals surface area contributed by atoms with Crippen molar-refractivity contribution >= 4 is 11.0 Å². The Balaban J connectivity index is -0.0000000489. The molecule has 0 saturated heterocycles. The molecule has 0 saturated carbocycles. The average molecular weight is 329 g/mol. The molecule has 0 atom stereocenters. The Morgan fingerprint density at radius 1 is 1.29 bits per heavy atom. The molecule has 1 aliphatic rings. The number of rotatable bonds is 1. The molecule has 0 unspecified atom stereocenters. The van der Waals surface area contributed by atoms with Gasteiger partial charge in [0.25, 0.3) is 0 Å². The molecule has 0 aliphatic heterocycles. The summed E-state index contributed by atoms with van der Waals surface area (Å²) in [5.74, 6) is 0. The van der Waals surface area contributed by atoms with Gasteiger partial charge in [0.15, 0.2) is 0 Å². The van der Waals surface area contributed by atoms with Crippen molar-refractivity contribution in [2.24, 2.45) is 0 Å². The van der Waals surface area contributed by atoms with Gasteiger partial charge in [0.2, 0.25) is 0 Å². The normalized spacial score (nSPS) is 12.1. The van der Waals surface area contributed by atoms with E-state index in [1.807, 2.05) is 20.8 Å². The third kappa shape index (κ3) is 22.6. The van der Waals surface area contributed by atoms with Crippen LogP contribution in [0.1, 0.15) is 47.5 Å². The van der Waals surface area contributed by atoms with Crippen LogP contribution in [0.2, 0.25) is 0 Å². The van der Waals surface area contributed by atoms with Crippen molar-refractivity contribution in [2.45, 2.75) is 53.0 Å². The minimum atomic E-state index is -0.250. The number of allylic oxidation sites excluding steroid dienone is 4. The van der Waals surface area contributed by atoms with E-state index in [4.69, 9.17) is 5.73 Å². The number of halogens is 2. The summed E-state index contributed by atoms with van der Waals surface area (Å²) in [6.45, 7) is 9.92. The first-order chi connectivity index (χ1) is 5.84. The van der Waals surface area contributed by atoms with Crippen molar-refractivity contribution in [2.75, 3.05) is 0 Å². The van der Waals surface area contributed by atoms with Crippen LogP contribution in [0, 0.1) is 6.08 Å². The summed E-state index contributed by atoms with van der Waals surface area (Å²) in [6.07, 6.45) is 7.50. The summed E-state index contributed by atoms with van der Waals surface area (Å²) in [5, 5.41) is 0. The molecular weight excluding hydrogens is 305 g/mol. The molecule has 99 valence electrons. The number of hydrogen-bond donors (Lipinski definition) is 0. The molecule has 0 amide bonds. The molecule has 0 heterocycles. The zero-order valence-electron chi connectivity index (χ0n) is 11.7. The molecule has 0 aromatic heterocycles. The van der Waals surface area contributed by atoms with Gasteiger partial charge < -0.3 is 30.5 Å². The van der Waals surface area contributed by atoms with Gasteiger partial charge in [-0.15, -0.1) is 12.0 Å². The molecule has 5 heteroatoms. The van der Waals surface area contributed by atoms with Crippen LogP contribution in [0.25, 0.3) is 5.73 Å². The Hall–Kier alpha value is 0.951. The predicted molar refractivity (Wildman–Crippen MR) is 69.4 cm³/mol.